The van der Waals surface area contributed by atoms with E-state index in [0.29, 0.717) is 67.1 Å². The van der Waals surface area contributed by atoms with Crippen LogP contribution in [0.5, 0.6) is 17.2 Å². The third kappa shape index (κ3) is 15.1. The van der Waals surface area contributed by atoms with E-state index in [-0.39, 0.29) is 25.3 Å². The van der Waals surface area contributed by atoms with Crippen molar-refractivity contribution in [2.75, 3.05) is 48.8 Å². The number of anilines is 3. The van der Waals surface area contributed by atoms with Crippen molar-refractivity contribution in [2.24, 2.45) is 0 Å². The number of nitrogens with zero attached hydrogens (tertiary/aromatic N) is 8. The molecule has 6 N–H and O–H groups in total. The molecule has 11 aromatic rings. The molecule has 5 heterocycles. The van der Waals surface area contributed by atoms with Gasteiger partial charge in [-0.25, -0.2) is 19.1 Å². The van der Waals surface area contributed by atoms with Crippen LogP contribution < -0.4 is 40.6 Å². The summed E-state index contributed by atoms with van der Waals surface area (Å²) in [5.74, 6) is 3.07. The van der Waals surface area contributed by atoms with Crippen LogP contribution in [0.15, 0.2) is 133 Å². The fraction of sp³-hybridized carbons (Fsp3) is 0.388. The Morgan fingerprint density at radius 2 is 0.981 bits per heavy atom. The number of fused-ring (bicyclic) bond motifs is 3. The number of aromatic nitrogens is 8. The quantitative estimate of drug-likeness (QED) is 0.0307. The number of H-pyrrole nitrogens is 1. The molecule has 22 nitrogen and oxygen atoms in total. The third-order valence-electron chi connectivity index (χ3n) is 20.5. The average Bonchev–Trinajstić information content (AvgIpc) is 1.57. The normalized spacial score (nSPS) is 15.4. The van der Waals surface area contributed by atoms with Crippen molar-refractivity contribution in [1.82, 2.24) is 49.9 Å². The molecule has 6 aromatic carbocycles. The molecule has 16 rings (SSSR count). The van der Waals surface area contributed by atoms with Gasteiger partial charge in [-0.05, 0) is 239 Å². The topological polar surface area (TPSA) is 263 Å². The van der Waals surface area contributed by atoms with Crippen molar-refractivity contribution < 1.29 is 37.4 Å². The predicted molar refractivity (Wildman–Crippen MR) is 412 cm³/mol. The van der Waals surface area contributed by atoms with Crippen LogP contribution in [0.3, 0.4) is 0 Å². The number of rotatable bonds is 24. The Hall–Kier alpha value is -9.98. The van der Waals surface area contributed by atoms with E-state index in [1.54, 1.807) is 25.2 Å². The van der Waals surface area contributed by atoms with Crippen LogP contribution in [-0.2, 0) is 13.6 Å². The molecule has 0 unspecified atom stereocenters. The maximum Gasteiger partial charge on any atom is 0.432 e. The van der Waals surface area contributed by atoms with Crippen LogP contribution >= 0.6 is 19.1 Å². The smallest absolute Gasteiger partial charge is 0.432 e. The van der Waals surface area contributed by atoms with E-state index in [4.69, 9.17) is 28.2 Å². The zero-order valence-corrected chi connectivity index (χ0v) is 61.6. The number of amides is 4. The fourth-order valence-electron chi connectivity index (χ4n) is 14.4. The Balaban J connectivity index is 0.000000132. The second-order valence-corrected chi connectivity index (χ2v) is 29.9. The minimum absolute atomic E-state index is 0.127. The van der Waals surface area contributed by atoms with Crippen molar-refractivity contribution in [3.8, 4) is 79.7 Å². The Morgan fingerprint density at radius 3 is 1.39 bits per heavy atom. The van der Waals surface area contributed by atoms with Gasteiger partial charge in [0.15, 0.2) is 0 Å². The summed E-state index contributed by atoms with van der Waals surface area (Å²) in [7, 11) is -3.42. The molecule has 540 valence electrons. The van der Waals surface area contributed by atoms with Gasteiger partial charge in [0, 0.05) is 86.5 Å². The molecule has 104 heavy (non-hydrogen) atoms. The number of benzene rings is 6. The Kier molecular flexibility index (Phi) is 21.8. The number of urea groups is 2. The zero-order valence-electron chi connectivity index (χ0n) is 59.9. The first-order valence-corrected chi connectivity index (χ1v) is 39.4. The van der Waals surface area contributed by atoms with Gasteiger partial charge in [0.2, 0.25) is 5.82 Å². The zero-order chi connectivity index (χ0) is 71.8. The summed E-state index contributed by atoms with van der Waals surface area (Å²) in [6, 6.07) is 46.4. The van der Waals surface area contributed by atoms with Crippen LogP contribution in [0.25, 0.3) is 89.1 Å². The van der Waals surface area contributed by atoms with Gasteiger partial charge in [-0.2, -0.15) is 10.5 Å². The molecule has 0 atom stereocenters. The number of tetrazole rings is 1. The minimum Gasteiger partial charge on any atom is -0.494 e. The molecule has 5 saturated carbocycles. The number of thiazole rings is 1. The first-order valence-electron chi connectivity index (χ1n) is 37.0. The van der Waals surface area contributed by atoms with Crippen molar-refractivity contribution in [3.05, 3.63) is 143 Å². The Labute approximate surface area is 610 Å². The fourth-order valence-corrected chi connectivity index (χ4v) is 16.4. The highest BCUT2D eigenvalue weighted by atomic mass is 32.1. The molecule has 0 saturated heterocycles. The average molecular weight is 1440 g/mol. The highest BCUT2D eigenvalue weighted by Gasteiger charge is 2.34. The van der Waals surface area contributed by atoms with Gasteiger partial charge in [-0.15, -0.1) is 21.5 Å². The predicted octanol–water partition coefficient (Wildman–Crippen LogP) is 19.7. The summed E-state index contributed by atoms with van der Waals surface area (Å²) in [4.78, 5) is 29.6. The molecule has 5 aliphatic carbocycles. The molecule has 0 aliphatic heterocycles. The number of aryl methyl sites for hydroxylation is 1. The van der Waals surface area contributed by atoms with Gasteiger partial charge in [-0.3, -0.25) is 14.1 Å². The number of hydrogen-bond acceptors (Lipinski definition) is 14. The number of nitrogens with one attached hydrogen (secondary N) is 6. The lowest BCUT2D eigenvalue weighted by Crippen LogP contribution is -2.41. The lowest BCUT2D eigenvalue weighted by molar-refractivity contribution is 0.225. The van der Waals surface area contributed by atoms with Crippen LogP contribution in [0.1, 0.15) is 160 Å². The maximum atomic E-state index is 12.8. The maximum absolute atomic E-state index is 12.8. The van der Waals surface area contributed by atoms with E-state index in [2.05, 4.69) is 140 Å². The highest BCUT2D eigenvalue weighted by Crippen LogP contribution is 2.52. The standard InChI is InChI=1S/C29H32N4O2S.C26H29N7O2.C25H30N3O4P/c1-3-35-23-14-15-24-26(16-23)33(22-8-5-9-22)28(27(24)25-17-36-18(2)30-25)19-10-12-21(13-11-19)32-29(34)31-20-6-4-7-20;1-2-35-20-13-14-21-22(15-20)33(19-7-4-8-19)24(23(21)25-29-31-32-30-25)16-9-11-18(12-10-16)28-26(34)27-17-5-3-6-17;1-4-30-21-14-15-24-22(16-21)23(17-26)25(28(24)20-8-7-9-20)18-10-12-19(13-11-18)27-33(29,31-5-2)32-6-3/h10-17,20,22H,3-9H2,1-2H3,(H2,31,32,34);9-15,17,19H,2-8H2,1H3,(H2,27,28,34)(H,29,30,31,32);10-16,20H,4-9H2,1-3H3,(H,27,29). The van der Waals surface area contributed by atoms with Crippen LogP contribution in [-0.4, -0.2) is 96.5 Å². The van der Waals surface area contributed by atoms with Gasteiger partial charge < -0.3 is 49.2 Å². The summed E-state index contributed by atoms with van der Waals surface area (Å²) < 4.78 is 48.1. The number of aromatic amines is 1. The van der Waals surface area contributed by atoms with Crippen molar-refractivity contribution >= 4 is 80.9 Å². The third-order valence-corrected chi connectivity index (χ3v) is 23.0. The number of ether oxygens (including phenoxy) is 3. The number of hydrogen-bond donors (Lipinski definition) is 6. The SMILES string of the molecule is CCOc1ccc2c(-c3csc(C)n3)c(-c3ccc(NC(=O)NC4CCC4)cc3)n(C3CCC3)c2c1.CCOc1ccc2c(-c3nn[nH]n3)c(-c3ccc(NC(=O)NC4CCC4)cc3)n(C3CCC3)c2c1.CCOc1ccc2c(c1)c(C#N)c(-c1ccc(NP(=O)(OCC)OCC)cc1)n2C1CCC1. The lowest BCUT2D eigenvalue weighted by Gasteiger charge is -2.30. The molecule has 0 bridgehead atoms. The Bertz CT molecular complexity index is 4910. The van der Waals surface area contributed by atoms with Crippen LogP contribution in [0, 0.1) is 18.3 Å². The summed E-state index contributed by atoms with van der Waals surface area (Å²) >= 11 is 1.68. The molecule has 0 radical (unpaired) electrons. The summed E-state index contributed by atoms with van der Waals surface area (Å²) in [6.45, 7) is 14.0. The molecule has 0 spiro atoms. The van der Waals surface area contributed by atoms with Crippen molar-refractivity contribution in [3.63, 3.8) is 0 Å². The van der Waals surface area contributed by atoms with E-state index in [0.717, 1.165) is 146 Å². The van der Waals surface area contributed by atoms with Gasteiger partial charge in [0.05, 0.1) is 88.5 Å². The van der Waals surface area contributed by atoms with Gasteiger partial charge in [0.25, 0.3) is 0 Å². The second kappa shape index (κ2) is 31.9. The molecule has 5 aromatic heterocycles. The highest BCUT2D eigenvalue weighted by molar-refractivity contribution is 7.55. The van der Waals surface area contributed by atoms with E-state index >= 15 is 0 Å². The van der Waals surface area contributed by atoms with Crippen LogP contribution in [0.2, 0.25) is 0 Å². The molecule has 5 aliphatic rings. The number of nitriles is 1. The molecular weight excluding hydrogens is 1350 g/mol. The van der Waals surface area contributed by atoms with Crippen molar-refractivity contribution in [1.29, 1.82) is 5.26 Å². The van der Waals surface area contributed by atoms with E-state index in [1.165, 1.54) is 67.1 Å². The largest absolute Gasteiger partial charge is 0.494 e. The first kappa shape index (κ1) is 71.0. The van der Waals surface area contributed by atoms with Crippen LogP contribution in [0.4, 0.5) is 26.7 Å². The van der Waals surface area contributed by atoms with Gasteiger partial charge in [-0.1, -0.05) is 36.4 Å². The summed E-state index contributed by atoms with van der Waals surface area (Å²) in [5.41, 5.74) is 15.6. The summed E-state index contributed by atoms with van der Waals surface area (Å²) in [6.07, 6.45) is 17.1. The summed E-state index contributed by atoms with van der Waals surface area (Å²) in [5, 5.41) is 46.5. The molecule has 5 fully saturated rings. The monoisotopic (exact) mass is 1440 g/mol. The number of carbonyl (C=O) groups is 2. The second-order valence-electron chi connectivity index (χ2n) is 27.1. The lowest BCUT2D eigenvalue weighted by atomic mass is 9.92. The Morgan fingerprint density at radius 1 is 0.538 bits per heavy atom. The first-order chi connectivity index (χ1) is 50.8. The van der Waals surface area contributed by atoms with E-state index in [1.807, 2.05) is 87.5 Å². The molecule has 24 heteroatoms. The molecular formula is C80H91N14O8PS. The van der Waals surface area contributed by atoms with Gasteiger partial charge in [0.1, 0.15) is 23.3 Å². The van der Waals surface area contributed by atoms with Crippen molar-refractivity contribution in [2.45, 2.75) is 168 Å². The molecule has 4 amide bonds. The van der Waals surface area contributed by atoms with Gasteiger partial charge >= 0.3 is 19.8 Å². The van der Waals surface area contributed by atoms with E-state index in [9.17, 15) is 19.4 Å². The minimum atomic E-state index is -3.42. The number of carbonyl (C=O) groups excluding carboxylic acids is 2. The van der Waals surface area contributed by atoms with E-state index < -0.39 is 7.75 Å².